The zero-order valence-corrected chi connectivity index (χ0v) is 15.0. The minimum absolute atomic E-state index is 0.00711. The smallest absolute Gasteiger partial charge is 0.306 e. The Balaban J connectivity index is 1.68. The topological polar surface area (TPSA) is 62.7 Å². The fourth-order valence-electron chi connectivity index (χ4n) is 3.49. The molecule has 5 heteroatoms. The number of allylic oxidation sites excluding steroid dienone is 1. The molecule has 1 fully saturated rings. The number of aliphatic carboxylic acids is 1. The van der Waals surface area contributed by atoms with Crippen LogP contribution in [0.25, 0.3) is 10.8 Å². The molecular weight excluding hydrogens is 328 g/mol. The van der Waals surface area contributed by atoms with Gasteiger partial charge in [0.05, 0.1) is 5.92 Å². The summed E-state index contributed by atoms with van der Waals surface area (Å²) in [5, 5.41) is 11.3. The highest BCUT2D eigenvalue weighted by molar-refractivity contribution is 5.86. The number of likely N-dealkylation sites (tertiary alicyclic amines) is 1. The number of piperidine rings is 1. The number of nitrogens with zero attached hydrogens (tertiary/aromatic N) is 2. The van der Waals surface area contributed by atoms with Crippen LogP contribution in [0.4, 0.5) is 0 Å². The van der Waals surface area contributed by atoms with Crippen LogP contribution in [-0.4, -0.2) is 46.7 Å². The maximum Gasteiger partial charge on any atom is 0.306 e. The molecule has 2 heterocycles. The molecule has 1 N–H and O–H groups in total. The molecule has 1 atom stereocenters. The fourth-order valence-corrected chi connectivity index (χ4v) is 3.49. The zero-order chi connectivity index (χ0) is 18.4. The number of rotatable bonds is 8. The van der Waals surface area contributed by atoms with Crippen LogP contribution in [-0.2, 0) is 4.79 Å². The molecule has 1 aromatic carbocycles. The number of carboxylic acids is 1. The van der Waals surface area contributed by atoms with Crippen molar-refractivity contribution in [3.63, 3.8) is 0 Å². The van der Waals surface area contributed by atoms with E-state index in [1.54, 1.807) is 6.20 Å². The van der Waals surface area contributed by atoms with E-state index in [1.807, 2.05) is 30.3 Å². The number of fused-ring (bicyclic) bond motifs is 1. The molecule has 0 aliphatic carbocycles. The third-order valence-electron chi connectivity index (χ3n) is 5.01. The molecule has 0 radical (unpaired) electrons. The second kappa shape index (κ2) is 8.81. The van der Waals surface area contributed by atoms with E-state index in [1.165, 1.54) is 0 Å². The lowest BCUT2D eigenvalue weighted by molar-refractivity contribution is -0.143. The van der Waals surface area contributed by atoms with Crippen molar-refractivity contribution in [1.82, 2.24) is 9.88 Å². The first kappa shape index (κ1) is 18.4. The van der Waals surface area contributed by atoms with Gasteiger partial charge in [0.2, 0.25) is 5.88 Å². The number of carboxylic acid groups (broad SMARTS) is 1. The Morgan fingerprint density at radius 3 is 2.85 bits per heavy atom. The summed E-state index contributed by atoms with van der Waals surface area (Å²) in [6, 6.07) is 10.1. The quantitative estimate of drug-likeness (QED) is 0.732. The zero-order valence-electron chi connectivity index (χ0n) is 15.0. The van der Waals surface area contributed by atoms with Gasteiger partial charge in [-0.05, 0) is 56.3 Å². The van der Waals surface area contributed by atoms with Gasteiger partial charge in [-0.3, -0.25) is 9.69 Å². The molecule has 1 saturated heterocycles. The van der Waals surface area contributed by atoms with Gasteiger partial charge in [-0.25, -0.2) is 4.98 Å². The molecule has 5 nitrogen and oxygen atoms in total. The van der Waals surface area contributed by atoms with Crippen molar-refractivity contribution >= 4 is 16.7 Å². The highest BCUT2D eigenvalue weighted by Crippen LogP contribution is 2.25. The Labute approximate surface area is 154 Å². The third-order valence-corrected chi connectivity index (χ3v) is 5.01. The number of benzene rings is 1. The summed E-state index contributed by atoms with van der Waals surface area (Å²) in [5.41, 5.74) is 0. The second-order valence-electron chi connectivity index (χ2n) is 6.86. The maximum atomic E-state index is 11.1. The van der Waals surface area contributed by atoms with Crippen molar-refractivity contribution < 1.29 is 14.6 Å². The van der Waals surface area contributed by atoms with Gasteiger partial charge in [0.25, 0.3) is 0 Å². The van der Waals surface area contributed by atoms with E-state index in [9.17, 15) is 4.79 Å². The summed E-state index contributed by atoms with van der Waals surface area (Å²) < 4.78 is 6.29. The van der Waals surface area contributed by atoms with E-state index in [0.717, 1.165) is 43.2 Å². The number of hydrogen-bond acceptors (Lipinski definition) is 4. The number of hydrogen-bond donors (Lipinski definition) is 1. The molecule has 1 aliphatic heterocycles. The second-order valence-corrected chi connectivity index (χ2v) is 6.86. The molecule has 2 aromatic rings. The first-order chi connectivity index (χ1) is 12.7. The Bertz CT molecular complexity index is 749. The van der Waals surface area contributed by atoms with E-state index >= 15 is 0 Å². The molecule has 3 rings (SSSR count). The Hall–Kier alpha value is -2.40. The minimum atomic E-state index is -0.677. The Morgan fingerprint density at radius 1 is 1.35 bits per heavy atom. The van der Waals surface area contributed by atoms with Gasteiger partial charge in [-0.2, -0.15) is 0 Å². The number of pyridine rings is 1. The van der Waals surface area contributed by atoms with Gasteiger partial charge in [-0.1, -0.05) is 24.3 Å². The van der Waals surface area contributed by atoms with Crippen molar-refractivity contribution in [3.05, 3.63) is 49.2 Å². The molecule has 0 bridgehead atoms. The normalized spacial score (nSPS) is 17.1. The van der Waals surface area contributed by atoms with E-state index in [-0.39, 0.29) is 12.0 Å². The Kier molecular flexibility index (Phi) is 6.23. The summed E-state index contributed by atoms with van der Waals surface area (Å²) in [5.74, 6) is -0.222. The predicted octanol–water partition coefficient (Wildman–Crippen LogP) is 3.75. The van der Waals surface area contributed by atoms with E-state index < -0.39 is 5.97 Å². The highest BCUT2D eigenvalue weighted by Gasteiger charge is 2.26. The van der Waals surface area contributed by atoms with E-state index in [0.29, 0.717) is 18.7 Å². The summed E-state index contributed by atoms with van der Waals surface area (Å²) in [6.45, 7) is 6.20. The number of aromatic nitrogens is 1. The largest absolute Gasteiger partial charge is 0.481 e. The molecule has 0 amide bonds. The molecular formula is C21H26N2O3. The van der Waals surface area contributed by atoms with Crippen LogP contribution < -0.4 is 4.74 Å². The van der Waals surface area contributed by atoms with Crippen molar-refractivity contribution in [2.75, 3.05) is 19.6 Å². The maximum absolute atomic E-state index is 11.1. The average molecular weight is 354 g/mol. The monoisotopic (exact) mass is 354 g/mol. The number of carbonyl (C=O) groups is 1. The van der Waals surface area contributed by atoms with Gasteiger partial charge in [0.15, 0.2) is 0 Å². The third kappa shape index (κ3) is 4.61. The highest BCUT2D eigenvalue weighted by atomic mass is 16.5. The van der Waals surface area contributed by atoms with Crippen LogP contribution >= 0.6 is 0 Å². The summed E-state index contributed by atoms with van der Waals surface area (Å²) >= 11 is 0. The lowest BCUT2D eigenvalue weighted by atomic mass is 9.97. The average Bonchev–Trinajstić information content (AvgIpc) is 2.67. The van der Waals surface area contributed by atoms with Crippen LogP contribution in [0.5, 0.6) is 5.88 Å². The minimum Gasteiger partial charge on any atom is -0.481 e. The summed E-state index contributed by atoms with van der Waals surface area (Å²) in [4.78, 5) is 17.9. The van der Waals surface area contributed by atoms with Crippen LogP contribution in [0.3, 0.4) is 0 Å². The van der Waals surface area contributed by atoms with Crippen LogP contribution in [0, 0.1) is 5.92 Å². The van der Waals surface area contributed by atoms with Gasteiger partial charge in [0.1, 0.15) is 6.10 Å². The Morgan fingerprint density at radius 2 is 2.12 bits per heavy atom. The standard InChI is InChI=1S/C21H26N2O3/c1-2-3-7-18(15-23-13-10-17(11-14-23)21(24)25)26-20-19-8-5-4-6-16(19)9-12-22-20/h2,4-6,8-9,12,17-18H,1,3,7,10-11,13-15H2,(H,24,25)/t18-/m1/s1. The molecule has 26 heavy (non-hydrogen) atoms. The molecule has 138 valence electrons. The van der Waals surface area contributed by atoms with Gasteiger partial charge in [-0.15, -0.1) is 6.58 Å². The van der Waals surface area contributed by atoms with Crippen LogP contribution in [0.2, 0.25) is 0 Å². The molecule has 0 unspecified atom stereocenters. The predicted molar refractivity (Wildman–Crippen MR) is 102 cm³/mol. The van der Waals surface area contributed by atoms with Gasteiger partial charge < -0.3 is 9.84 Å². The van der Waals surface area contributed by atoms with Gasteiger partial charge in [0, 0.05) is 18.1 Å². The van der Waals surface area contributed by atoms with Crippen molar-refractivity contribution in [2.24, 2.45) is 5.92 Å². The van der Waals surface area contributed by atoms with Crippen molar-refractivity contribution in [3.8, 4) is 5.88 Å². The lowest BCUT2D eigenvalue weighted by Gasteiger charge is -2.32. The van der Waals surface area contributed by atoms with E-state index in [2.05, 4.69) is 22.5 Å². The summed E-state index contributed by atoms with van der Waals surface area (Å²) in [6.07, 6.45) is 6.84. The summed E-state index contributed by atoms with van der Waals surface area (Å²) in [7, 11) is 0. The SMILES string of the molecule is C=CCC[C@H](CN1CCC(C(=O)O)CC1)Oc1nccc2ccccc12. The molecule has 0 spiro atoms. The molecule has 1 aromatic heterocycles. The first-order valence-corrected chi connectivity index (χ1v) is 9.24. The van der Waals surface area contributed by atoms with Crippen LogP contribution in [0.15, 0.2) is 49.2 Å². The van der Waals surface area contributed by atoms with Crippen molar-refractivity contribution in [1.29, 1.82) is 0 Å². The lowest BCUT2D eigenvalue weighted by Crippen LogP contribution is -2.42. The van der Waals surface area contributed by atoms with E-state index in [4.69, 9.17) is 9.84 Å². The molecule has 0 saturated carbocycles. The number of ether oxygens (including phenoxy) is 1. The molecule has 1 aliphatic rings. The first-order valence-electron chi connectivity index (χ1n) is 9.24. The van der Waals surface area contributed by atoms with Crippen LogP contribution in [0.1, 0.15) is 25.7 Å². The van der Waals surface area contributed by atoms with Gasteiger partial charge >= 0.3 is 5.97 Å². The van der Waals surface area contributed by atoms with Crippen molar-refractivity contribution in [2.45, 2.75) is 31.8 Å². The fraction of sp³-hybridized carbons (Fsp3) is 0.429.